The molecule has 0 aromatic heterocycles. The first-order valence-corrected chi connectivity index (χ1v) is 11.7. The van der Waals surface area contributed by atoms with Crippen LogP contribution >= 0.6 is 0 Å². The molecule has 0 bridgehead atoms. The molecule has 0 saturated heterocycles. The Morgan fingerprint density at radius 1 is 1.09 bits per heavy atom. The number of hydrogen-bond acceptors (Lipinski definition) is 6. The first-order valence-electron chi connectivity index (χ1n) is 10.2. The third-order valence-corrected chi connectivity index (χ3v) is 7.20. The maximum absolute atomic E-state index is 12.7. The molecule has 0 N–H and O–H groups in total. The number of ether oxygens (including phenoxy) is 1. The molecule has 174 valence electrons. The lowest BCUT2D eigenvalue weighted by Gasteiger charge is -2.20. The van der Waals surface area contributed by atoms with Crippen LogP contribution in [0.5, 0.6) is 5.75 Å². The van der Waals surface area contributed by atoms with Crippen LogP contribution in [0.15, 0.2) is 41.3 Å². The minimum atomic E-state index is -3.86. The number of aryl methyl sites for hydroxylation is 2. The zero-order valence-electron chi connectivity index (χ0n) is 19.0. The molecule has 10 heteroatoms. The van der Waals surface area contributed by atoms with Crippen molar-refractivity contribution in [3.63, 3.8) is 0 Å². The van der Waals surface area contributed by atoms with Gasteiger partial charge < -0.3 is 9.64 Å². The highest BCUT2D eigenvalue weighted by molar-refractivity contribution is 7.89. The molecule has 9 nitrogen and oxygen atoms in total. The standard InChI is InChI=1S/C22H29N3O6S/c1-6-24(7-2)32(29,30)19-10-11-21(20(13-19)25(27)28)31-15-22(26)23(5)14-18-9-8-16(3)12-17(18)4/h8-13H,6-7,14-15H2,1-5H3. The van der Waals surface area contributed by atoms with Crippen molar-refractivity contribution in [3.8, 4) is 5.75 Å². The van der Waals surface area contributed by atoms with E-state index in [0.29, 0.717) is 6.54 Å². The van der Waals surface area contributed by atoms with Crippen LogP contribution in [0.2, 0.25) is 0 Å². The van der Waals surface area contributed by atoms with Gasteiger partial charge in [0, 0.05) is 32.7 Å². The lowest BCUT2D eigenvalue weighted by Crippen LogP contribution is -2.31. The van der Waals surface area contributed by atoms with Crippen molar-refractivity contribution < 1.29 is 22.9 Å². The van der Waals surface area contributed by atoms with Gasteiger partial charge >= 0.3 is 5.69 Å². The van der Waals surface area contributed by atoms with Crippen LogP contribution in [0, 0.1) is 24.0 Å². The molecule has 0 atom stereocenters. The number of amides is 1. The van der Waals surface area contributed by atoms with Gasteiger partial charge in [0.05, 0.1) is 9.82 Å². The smallest absolute Gasteiger partial charge is 0.312 e. The van der Waals surface area contributed by atoms with Gasteiger partial charge in [-0.1, -0.05) is 37.6 Å². The zero-order chi connectivity index (χ0) is 24.1. The van der Waals surface area contributed by atoms with Crippen LogP contribution in [0.25, 0.3) is 0 Å². The van der Waals surface area contributed by atoms with E-state index in [0.717, 1.165) is 22.8 Å². The summed E-state index contributed by atoms with van der Waals surface area (Å²) in [6, 6.07) is 9.38. The highest BCUT2D eigenvalue weighted by atomic mass is 32.2. The average molecular weight is 464 g/mol. The Kier molecular flexibility index (Phi) is 8.34. The van der Waals surface area contributed by atoms with E-state index in [4.69, 9.17) is 4.74 Å². The molecule has 0 aliphatic heterocycles. The second kappa shape index (κ2) is 10.6. The van der Waals surface area contributed by atoms with E-state index in [-0.39, 0.29) is 29.6 Å². The summed E-state index contributed by atoms with van der Waals surface area (Å²) in [5.41, 5.74) is 2.67. The monoisotopic (exact) mass is 463 g/mol. The molecule has 0 spiro atoms. The quantitative estimate of drug-likeness (QED) is 0.395. The van der Waals surface area contributed by atoms with Gasteiger partial charge in [-0.2, -0.15) is 4.31 Å². The number of likely N-dealkylation sites (N-methyl/N-ethyl adjacent to an activating group) is 1. The molecule has 1 amide bonds. The van der Waals surface area contributed by atoms with Gasteiger partial charge in [0.1, 0.15) is 0 Å². The molecule has 0 heterocycles. The molecule has 32 heavy (non-hydrogen) atoms. The van der Waals surface area contributed by atoms with Crippen LogP contribution in [-0.2, 0) is 21.4 Å². The summed E-state index contributed by atoms with van der Waals surface area (Å²) >= 11 is 0. The number of nitro groups is 1. The van der Waals surface area contributed by atoms with Gasteiger partial charge in [-0.15, -0.1) is 0 Å². The van der Waals surface area contributed by atoms with E-state index in [1.54, 1.807) is 20.9 Å². The molecule has 0 aliphatic rings. The molecule has 2 aromatic carbocycles. The second-order valence-electron chi connectivity index (χ2n) is 7.44. The van der Waals surface area contributed by atoms with Crippen molar-refractivity contribution in [2.75, 3.05) is 26.7 Å². The maximum Gasteiger partial charge on any atom is 0.312 e. The molecule has 2 rings (SSSR count). The lowest BCUT2D eigenvalue weighted by molar-refractivity contribution is -0.386. The van der Waals surface area contributed by atoms with Gasteiger partial charge in [-0.05, 0) is 37.1 Å². The zero-order valence-corrected chi connectivity index (χ0v) is 19.8. The topological polar surface area (TPSA) is 110 Å². The third kappa shape index (κ3) is 5.83. The SMILES string of the molecule is CCN(CC)S(=O)(=O)c1ccc(OCC(=O)N(C)Cc2ccc(C)cc2C)c([N+](=O)[O-])c1. The Hall–Kier alpha value is -2.98. The van der Waals surface area contributed by atoms with Crippen LogP contribution in [0.1, 0.15) is 30.5 Å². The normalized spacial score (nSPS) is 11.4. The molecule has 2 aromatic rings. The fourth-order valence-electron chi connectivity index (χ4n) is 3.25. The van der Waals surface area contributed by atoms with E-state index >= 15 is 0 Å². The number of hydrogen-bond donors (Lipinski definition) is 0. The number of benzene rings is 2. The average Bonchev–Trinajstić information content (AvgIpc) is 2.74. The number of carbonyl (C=O) groups excluding carboxylic acids is 1. The Morgan fingerprint density at radius 2 is 1.75 bits per heavy atom. The van der Waals surface area contributed by atoms with Crippen molar-refractivity contribution in [1.82, 2.24) is 9.21 Å². The van der Waals surface area contributed by atoms with E-state index in [1.165, 1.54) is 21.3 Å². The predicted molar refractivity (Wildman–Crippen MR) is 121 cm³/mol. The van der Waals surface area contributed by atoms with Crippen LogP contribution in [0.3, 0.4) is 0 Å². The third-order valence-electron chi connectivity index (χ3n) is 5.15. The number of carbonyl (C=O) groups is 1. The van der Waals surface area contributed by atoms with Crippen molar-refractivity contribution in [1.29, 1.82) is 0 Å². The Morgan fingerprint density at radius 3 is 2.31 bits per heavy atom. The van der Waals surface area contributed by atoms with E-state index in [2.05, 4.69) is 0 Å². The minimum absolute atomic E-state index is 0.165. The van der Waals surface area contributed by atoms with Gasteiger partial charge in [0.25, 0.3) is 5.91 Å². The first-order chi connectivity index (χ1) is 15.0. The Labute approximate surface area is 188 Å². The van der Waals surface area contributed by atoms with E-state index < -0.39 is 27.2 Å². The lowest BCUT2D eigenvalue weighted by atomic mass is 10.1. The van der Waals surface area contributed by atoms with Gasteiger partial charge in [0.2, 0.25) is 10.0 Å². The summed E-state index contributed by atoms with van der Waals surface area (Å²) in [5.74, 6) is -0.527. The second-order valence-corrected chi connectivity index (χ2v) is 9.38. The predicted octanol–water partition coefficient (Wildman–Crippen LogP) is 3.28. The summed E-state index contributed by atoms with van der Waals surface area (Å²) < 4.78 is 31.9. The van der Waals surface area contributed by atoms with Gasteiger partial charge in [-0.3, -0.25) is 14.9 Å². The number of rotatable bonds is 10. The summed E-state index contributed by atoms with van der Waals surface area (Å²) in [7, 11) is -2.24. The summed E-state index contributed by atoms with van der Waals surface area (Å²) in [5, 5.41) is 11.5. The molecule has 0 fully saturated rings. The fraction of sp³-hybridized carbons (Fsp3) is 0.409. The number of sulfonamides is 1. The fourth-order valence-corrected chi connectivity index (χ4v) is 4.73. The van der Waals surface area contributed by atoms with Gasteiger partial charge in [0.15, 0.2) is 12.4 Å². The van der Waals surface area contributed by atoms with Crippen LogP contribution in [-0.4, -0.2) is 55.2 Å². The summed E-state index contributed by atoms with van der Waals surface area (Å²) in [6.07, 6.45) is 0. The molecule has 0 unspecified atom stereocenters. The highest BCUT2D eigenvalue weighted by Crippen LogP contribution is 2.31. The van der Waals surface area contributed by atoms with Crippen LogP contribution < -0.4 is 4.74 Å². The van der Waals surface area contributed by atoms with Crippen molar-refractivity contribution in [2.45, 2.75) is 39.1 Å². The maximum atomic E-state index is 12.7. The van der Waals surface area contributed by atoms with Crippen molar-refractivity contribution in [3.05, 3.63) is 63.2 Å². The van der Waals surface area contributed by atoms with Crippen molar-refractivity contribution >= 4 is 21.6 Å². The number of nitrogens with zero attached hydrogens (tertiary/aromatic N) is 3. The first kappa shape index (κ1) is 25.3. The molecule has 0 radical (unpaired) electrons. The Balaban J connectivity index is 2.16. The van der Waals surface area contributed by atoms with E-state index in [1.807, 2.05) is 32.0 Å². The molecular weight excluding hydrogens is 434 g/mol. The molecule has 0 saturated carbocycles. The Bertz CT molecular complexity index is 1100. The van der Waals surface area contributed by atoms with Crippen LogP contribution in [0.4, 0.5) is 5.69 Å². The minimum Gasteiger partial charge on any atom is -0.477 e. The highest BCUT2D eigenvalue weighted by Gasteiger charge is 2.26. The number of nitro benzene ring substituents is 1. The van der Waals surface area contributed by atoms with E-state index in [9.17, 15) is 23.3 Å². The summed E-state index contributed by atoms with van der Waals surface area (Å²) in [6.45, 7) is 7.78. The molecule has 0 aliphatic carbocycles. The molecular formula is C22H29N3O6S. The summed E-state index contributed by atoms with van der Waals surface area (Å²) in [4.78, 5) is 24.6. The largest absolute Gasteiger partial charge is 0.477 e. The van der Waals surface area contributed by atoms with Crippen molar-refractivity contribution in [2.24, 2.45) is 0 Å². The van der Waals surface area contributed by atoms with Gasteiger partial charge in [-0.25, -0.2) is 8.42 Å².